The third-order valence-corrected chi connectivity index (χ3v) is 5.65. The van der Waals surface area contributed by atoms with E-state index in [1.807, 2.05) is 43.3 Å². The number of carbonyl (C=O) groups excluding carboxylic acids is 2. The van der Waals surface area contributed by atoms with Crippen molar-refractivity contribution in [2.75, 3.05) is 5.32 Å². The highest BCUT2D eigenvalue weighted by molar-refractivity contribution is 7.17. The fraction of sp³-hybridized carbons (Fsp3) is 0.190. The lowest BCUT2D eigenvalue weighted by Crippen LogP contribution is -2.17. The van der Waals surface area contributed by atoms with Gasteiger partial charge in [-0.1, -0.05) is 59.4 Å². The van der Waals surface area contributed by atoms with Crippen molar-refractivity contribution in [2.45, 2.75) is 25.7 Å². The molecule has 2 aromatic carbocycles. The summed E-state index contributed by atoms with van der Waals surface area (Å²) in [6, 6.07) is 17.5. The number of nitrogens with zero attached hydrogens (tertiary/aromatic N) is 1. The summed E-state index contributed by atoms with van der Waals surface area (Å²) >= 11 is 1.28. The van der Waals surface area contributed by atoms with Crippen LogP contribution in [0.25, 0.3) is 0 Å². The topological polar surface area (TPSA) is 59.1 Å². The van der Waals surface area contributed by atoms with Crippen LogP contribution in [0, 0.1) is 6.92 Å². The minimum absolute atomic E-state index is 0.105. The number of benzene rings is 2. The Kier molecular flexibility index (Phi) is 4.39. The lowest BCUT2D eigenvalue weighted by molar-refractivity contribution is 0.0967. The summed E-state index contributed by atoms with van der Waals surface area (Å²) in [5, 5.41) is 3.32. The number of fused-ring (bicyclic) bond motifs is 1. The van der Waals surface area contributed by atoms with E-state index in [4.69, 9.17) is 0 Å². The summed E-state index contributed by atoms with van der Waals surface area (Å²) < 4.78 is 0. The number of rotatable bonds is 3. The van der Waals surface area contributed by atoms with Crippen LogP contribution in [-0.4, -0.2) is 16.7 Å². The van der Waals surface area contributed by atoms with Gasteiger partial charge in [0, 0.05) is 12.0 Å². The van der Waals surface area contributed by atoms with Gasteiger partial charge in [-0.25, -0.2) is 4.98 Å². The van der Waals surface area contributed by atoms with Crippen molar-refractivity contribution in [1.82, 2.24) is 4.98 Å². The molecule has 5 heteroatoms. The van der Waals surface area contributed by atoms with Crippen molar-refractivity contribution < 1.29 is 9.59 Å². The Morgan fingerprint density at radius 1 is 1.12 bits per heavy atom. The van der Waals surface area contributed by atoms with Crippen LogP contribution in [0.15, 0.2) is 54.6 Å². The second-order valence-electron chi connectivity index (χ2n) is 6.56. The van der Waals surface area contributed by atoms with Crippen molar-refractivity contribution in [2.24, 2.45) is 0 Å². The number of hydrogen-bond acceptors (Lipinski definition) is 4. The van der Waals surface area contributed by atoms with E-state index in [-0.39, 0.29) is 17.6 Å². The van der Waals surface area contributed by atoms with Gasteiger partial charge in [0.2, 0.25) is 0 Å². The first-order valence-electron chi connectivity index (χ1n) is 8.56. The predicted molar refractivity (Wildman–Crippen MR) is 103 cm³/mol. The van der Waals surface area contributed by atoms with Crippen LogP contribution in [0.3, 0.4) is 0 Å². The lowest BCUT2D eigenvalue weighted by atomic mass is 9.85. The zero-order valence-electron chi connectivity index (χ0n) is 14.4. The van der Waals surface area contributed by atoms with Gasteiger partial charge in [0.25, 0.3) is 5.91 Å². The smallest absolute Gasteiger partial charge is 0.257 e. The van der Waals surface area contributed by atoms with E-state index >= 15 is 0 Å². The quantitative estimate of drug-likeness (QED) is 0.740. The number of thiazole rings is 1. The van der Waals surface area contributed by atoms with Crippen molar-refractivity contribution >= 4 is 28.2 Å². The van der Waals surface area contributed by atoms with Crippen LogP contribution < -0.4 is 5.32 Å². The Morgan fingerprint density at radius 3 is 2.69 bits per heavy atom. The number of aryl methyl sites for hydroxylation is 1. The summed E-state index contributed by atoms with van der Waals surface area (Å²) in [4.78, 5) is 30.2. The summed E-state index contributed by atoms with van der Waals surface area (Å²) in [7, 11) is 0. The van der Waals surface area contributed by atoms with Gasteiger partial charge in [-0.05, 0) is 37.0 Å². The van der Waals surface area contributed by atoms with Crippen LogP contribution in [0.5, 0.6) is 0 Å². The normalized spacial score (nSPS) is 16.2. The minimum atomic E-state index is -0.202. The summed E-state index contributed by atoms with van der Waals surface area (Å²) in [6.45, 7) is 1.95. The first kappa shape index (κ1) is 16.7. The van der Waals surface area contributed by atoms with Crippen LogP contribution in [0.2, 0.25) is 0 Å². The van der Waals surface area contributed by atoms with Gasteiger partial charge in [0.05, 0.1) is 10.6 Å². The number of ketones is 1. The number of anilines is 1. The summed E-state index contributed by atoms with van der Waals surface area (Å²) in [6.07, 6.45) is 1.21. The maximum atomic E-state index is 12.5. The summed E-state index contributed by atoms with van der Waals surface area (Å²) in [5.41, 5.74) is 3.56. The van der Waals surface area contributed by atoms with Gasteiger partial charge in [-0.15, -0.1) is 0 Å². The molecule has 0 saturated heterocycles. The fourth-order valence-electron chi connectivity index (χ4n) is 3.30. The second kappa shape index (κ2) is 6.84. The SMILES string of the molecule is Cc1cccc(C(=O)Nc2nc3c(s2)C(=O)C[C@@H](c2ccccc2)C3)c1. The average Bonchev–Trinajstić information content (AvgIpc) is 3.05. The minimum Gasteiger partial charge on any atom is -0.298 e. The standard InChI is InChI=1S/C21H18N2O2S/c1-13-6-5-9-15(10-13)20(25)23-21-22-17-11-16(12-18(24)19(17)26-21)14-7-3-2-4-8-14/h2-10,16H,11-12H2,1H3,(H,22,23,25)/t16-/m0/s1. The monoisotopic (exact) mass is 362 g/mol. The largest absolute Gasteiger partial charge is 0.298 e. The molecule has 1 atom stereocenters. The summed E-state index contributed by atoms with van der Waals surface area (Å²) in [5.74, 6) is 0.0548. The Bertz CT molecular complexity index is 979. The van der Waals surface area contributed by atoms with Crippen molar-refractivity contribution in [3.8, 4) is 0 Å². The molecule has 0 aliphatic heterocycles. The fourth-order valence-corrected chi connectivity index (χ4v) is 4.24. The van der Waals surface area contributed by atoms with Crippen LogP contribution in [0.4, 0.5) is 5.13 Å². The molecule has 1 heterocycles. The number of hydrogen-bond donors (Lipinski definition) is 1. The lowest BCUT2D eigenvalue weighted by Gasteiger charge is -2.20. The molecule has 4 rings (SSSR count). The maximum Gasteiger partial charge on any atom is 0.257 e. The molecule has 1 amide bonds. The molecule has 0 unspecified atom stereocenters. The molecule has 0 fully saturated rings. The van der Waals surface area contributed by atoms with Crippen LogP contribution in [0.1, 0.15) is 49.2 Å². The Labute approximate surface area is 155 Å². The van der Waals surface area contributed by atoms with Crippen LogP contribution >= 0.6 is 11.3 Å². The van der Waals surface area contributed by atoms with E-state index in [2.05, 4.69) is 22.4 Å². The van der Waals surface area contributed by atoms with Gasteiger partial charge in [0.1, 0.15) is 0 Å². The van der Waals surface area contributed by atoms with Crippen molar-refractivity contribution in [3.63, 3.8) is 0 Å². The Balaban J connectivity index is 1.55. The predicted octanol–water partition coefficient (Wildman–Crippen LogP) is 4.62. The van der Waals surface area contributed by atoms with Gasteiger partial charge in [0.15, 0.2) is 10.9 Å². The highest BCUT2D eigenvalue weighted by atomic mass is 32.1. The molecule has 1 aromatic heterocycles. The van der Waals surface area contributed by atoms with E-state index in [0.717, 1.165) is 23.2 Å². The van der Waals surface area contributed by atoms with Crippen LogP contribution in [-0.2, 0) is 6.42 Å². The van der Waals surface area contributed by atoms with E-state index in [1.165, 1.54) is 11.3 Å². The highest BCUT2D eigenvalue weighted by Crippen LogP contribution is 2.36. The molecular formula is C21H18N2O2S. The molecule has 1 aliphatic carbocycles. The first-order chi connectivity index (χ1) is 12.6. The van der Waals surface area contributed by atoms with Crippen molar-refractivity contribution in [3.05, 3.63) is 81.9 Å². The highest BCUT2D eigenvalue weighted by Gasteiger charge is 2.30. The zero-order valence-corrected chi connectivity index (χ0v) is 15.2. The molecule has 130 valence electrons. The third kappa shape index (κ3) is 3.30. The van der Waals surface area contributed by atoms with E-state index in [1.54, 1.807) is 6.07 Å². The molecule has 26 heavy (non-hydrogen) atoms. The first-order valence-corrected chi connectivity index (χ1v) is 9.37. The number of amides is 1. The van der Waals surface area contributed by atoms with E-state index in [0.29, 0.717) is 22.0 Å². The maximum absolute atomic E-state index is 12.5. The number of nitrogens with one attached hydrogen (secondary N) is 1. The molecule has 0 saturated carbocycles. The van der Waals surface area contributed by atoms with Gasteiger partial charge >= 0.3 is 0 Å². The Morgan fingerprint density at radius 2 is 1.92 bits per heavy atom. The van der Waals surface area contributed by atoms with Gasteiger partial charge in [-0.3, -0.25) is 14.9 Å². The Hall–Kier alpha value is -2.79. The third-order valence-electron chi connectivity index (χ3n) is 4.59. The number of aromatic nitrogens is 1. The molecule has 3 aromatic rings. The van der Waals surface area contributed by atoms with E-state index in [9.17, 15) is 9.59 Å². The molecule has 0 spiro atoms. The van der Waals surface area contributed by atoms with E-state index < -0.39 is 0 Å². The molecule has 1 N–H and O–H groups in total. The van der Waals surface area contributed by atoms with Gasteiger partial charge < -0.3 is 0 Å². The molecule has 1 aliphatic rings. The van der Waals surface area contributed by atoms with Gasteiger partial charge in [-0.2, -0.15) is 0 Å². The number of Topliss-reactive ketones (excluding diaryl/α,β-unsaturated/α-hetero) is 1. The second-order valence-corrected chi connectivity index (χ2v) is 7.56. The molecule has 0 radical (unpaired) electrons. The number of carbonyl (C=O) groups is 2. The molecule has 0 bridgehead atoms. The van der Waals surface area contributed by atoms with Crippen molar-refractivity contribution in [1.29, 1.82) is 0 Å². The average molecular weight is 362 g/mol. The molecular weight excluding hydrogens is 344 g/mol. The zero-order chi connectivity index (χ0) is 18.1. The molecule has 4 nitrogen and oxygen atoms in total.